The number of urea groups is 1. The van der Waals surface area contributed by atoms with Crippen LogP contribution in [-0.2, 0) is 17.8 Å². The Morgan fingerprint density at radius 3 is 2.70 bits per heavy atom. The Morgan fingerprint density at radius 1 is 1.17 bits per heavy atom. The third kappa shape index (κ3) is 4.22. The minimum atomic E-state index is -0.0875. The molecule has 0 saturated carbocycles. The van der Waals surface area contributed by atoms with E-state index in [2.05, 4.69) is 28.1 Å². The van der Waals surface area contributed by atoms with Crippen molar-refractivity contribution in [2.24, 2.45) is 5.92 Å². The first kappa shape index (κ1) is 15.8. The number of nitrogens with one attached hydrogen (secondary N) is 3. The molecule has 0 atom stereocenters. The molecule has 1 saturated heterocycles. The number of hydrogen-bond donors (Lipinski definition) is 3. The van der Waals surface area contributed by atoms with E-state index < -0.39 is 0 Å². The molecule has 124 valence electrons. The van der Waals surface area contributed by atoms with Gasteiger partial charge in [-0.15, -0.1) is 0 Å². The lowest BCUT2D eigenvalue weighted by atomic mass is 10.0. The summed E-state index contributed by atoms with van der Waals surface area (Å²) in [6, 6.07) is 8.13. The highest BCUT2D eigenvalue weighted by Gasteiger charge is 2.20. The van der Waals surface area contributed by atoms with Gasteiger partial charge < -0.3 is 20.9 Å². The largest absolute Gasteiger partial charge is 0.356 e. The van der Waals surface area contributed by atoms with E-state index in [4.69, 9.17) is 0 Å². The number of rotatable bonds is 5. The topological polar surface area (TPSA) is 73.5 Å². The average Bonchev–Trinajstić information content (AvgIpc) is 2.53. The average molecular weight is 316 g/mol. The molecule has 3 amide bonds. The summed E-state index contributed by atoms with van der Waals surface area (Å²) in [4.78, 5) is 25.7. The van der Waals surface area contributed by atoms with Crippen molar-refractivity contribution in [2.75, 3.05) is 32.7 Å². The second kappa shape index (κ2) is 7.46. The van der Waals surface area contributed by atoms with Gasteiger partial charge in [0.05, 0.1) is 0 Å². The molecule has 6 heteroatoms. The van der Waals surface area contributed by atoms with Crippen molar-refractivity contribution in [1.82, 2.24) is 20.9 Å². The van der Waals surface area contributed by atoms with Crippen molar-refractivity contribution in [3.63, 3.8) is 0 Å². The molecule has 0 aromatic heterocycles. The zero-order valence-electron chi connectivity index (χ0n) is 13.3. The molecule has 3 N–H and O–H groups in total. The summed E-state index contributed by atoms with van der Waals surface area (Å²) in [5.41, 5.74) is 2.53. The van der Waals surface area contributed by atoms with Gasteiger partial charge in [0.15, 0.2) is 0 Å². The fourth-order valence-corrected chi connectivity index (χ4v) is 2.90. The minimum absolute atomic E-state index is 0.00110. The Balaban J connectivity index is 1.35. The Bertz CT molecular complexity index is 571. The van der Waals surface area contributed by atoms with Crippen molar-refractivity contribution in [2.45, 2.75) is 19.4 Å². The van der Waals surface area contributed by atoms with Crippen molar-refractivity contribution >= 4 is 11.9 Å². The molecule has 0 bridgehead atoms. The van der Waals surface area contributed by atoms with Gasteiger partial charge >= 0.3 is 6.03 Å². The zero-order valence-corrected chi connectivity index (χ0v) is 13.3. The first-order valence-corrected chi connectivity index (χ1v) is 8.29. The maximum absolute atomic E-state index is 12.2. The third-order valence-corrected chi connectivity index (χ3v) is 4.50. The second-order valence-electron chi connectivity index (χ2n) is 6.25. The van der Waals surface area contributed by atoms with Gasteiger partial charge in [0.25, 0.3) is 0 Å². The first-order valence-electron chi connectivity index (χ1n) is 8.29. The SMILES string of the molecule is O=C(CCNC(=O)N1CCc2ccccc2C1)NCC1CNC1. The molecule has 3 rings (SSSR count). The van der Waals surface area contributed by atoms with Gasteiger partial charge in [0.1, 0.15) is 0 Å². The Labute approximate surface area is 136 Å². The minimum Gasteiger partial charge on any atom is -0.356 e. The summed E-state index contributed by atoms with van der Waals surface area (Å²) >= 11 is 0. The number of nitrogens with zero attached hydrogens (tertiary/aromatic N) is 1. The molecule has 1 aromatic rings. The standard InChI is InChI=1S/C17H24N4O2/c22-16(20-11-13-9-18-10-13)5-7-19-17(23)21-8-6-14-3-1-2-4-15(14)12-21/h1-4,13,18H,5-12H2,(H,19,23)(H,20,22). The molecule has 2 heterocycles. The lowest BCUT2D eigenvalue weighted by molar-refractivity contribution is -0.121. The van der Waals surface area contributed by atoms with E-state index in [-0.39, 0.29) is 11.9 Å². The van der Waals surface area contributed by atoms with Crippen molar-refractivity contribution in [3.8, 4) is 0 Å². The van der Waals surface area contributed by atoms with Gasteiger partial charge in [0, 0.05) is 51.6 Å². The third-order valence-electron chi connectivity index (χ3n) is 4.50. The normalized spacial score (nSPS) is 17.1. The summed E-state index contributed by atoms with van der Waals surface area (Å²) in [6.07, 6.45) is 1.22. The highest BCUT2D eigenvalue weighted by Crippen LogP contribution is 2.18. The van der Waals surface area contributed by atoms with Crippen LogP contribution in [0.25, 0.3) is 0 Å². The van der Waals surface area contributed by atoms with Crippen LogP contribution in [0, 0.1) is 5.92 Å². The van der Waals surface area contributed by atoms with Gasteiger partial charge in [-0.3, -0.25) is 4.79 Å². The lowest BCUT2D eigenvalue weighted by Crippen LogP contribution is -2.48. The van der Waals surface area contributed by atoms with Crippen LogP contribution in [0.3, 0.4) is 0 Å². The molecular formula is C17H24N4O2. The van der Waals surface area contributed by atoms with E-state index >= 15 is 0 Å². The predicted molar refractivity (Wildman–Crippen MR) is 87.9 cm³/mol. The molecule has 1 aromatic carbocycles. The van der Waals surface area contributed by atoms with E-state index in [1.807, 2.05) is 12.1 Å². The molecular weight excluding hydrogens is 292 g/mol. The summed E-state index contributed by atoms with van der Waals surface area (Å²) in [7, 11) is 0. The van der Waals surface area contributed by atoms with Crippen LogP contribution in [0.1, 0.15) is 17.5 Å². The van der Waals surface area contributed by atoms with Gasteiger partial charge in [-0.25, -0.2) is 4.79 Å². The predicted octanol–water partition coefficient (Wildman–Crippen LogP) is 0.480. The van der Waals surface area contributed by atoms with E-state index in [9.17, 15) is 9.59 Å². The maximum Gasteiger partial charge on any atom is 0.317 e. The van der Waals surface area contributed by atoms with Crippen LogP contribution in [0.15, 0.2) is 24.3 Å². The Kier molecular flexibility index (Phi) is 5.12. The van der Waals surface area contributed by atoms with Crippen LogP contribution in [0.2, 0.25) is 0 Å². The smallest absolute Gasteiger partial charge is 0.317 e. The number of hydrogen-bond acceptors (Lipinski definition) is 3. The number of carbonyl (C=O) groups is 2. The van der Waals surface area contributed by atoms with E-state index in [0.29, 0.717) is 25.4 Å². The molecule has 0 radical (unpaired) electrons. The van der Waals surface area contributed by atoms with Crippen LogP contribution in [-0.4, -0.2) is 49.6 Å². The van der Waals surface area contributed by atoms with E-state index in [1.165, 1.54) is 11.1 Å². The first-order chi connectivity index (χ1) is 11.2. The van der Waals surface area contributed by atoms with Crippen LogP contribution in [0.5, 0.6) is 0 Å². The van der Waals surface area contributed by atoms with Gasteiger partial charge in [-0.2, -0.15) is 0 Å². The Hall–Kier alpha value is -2.08. The monoisotopic (exact) mass is 316 g/mol. The van der Waals surface area contributed by atoms with E-state index in [0.717, 1.165) is 32.6 Å². The molecule has 2 aliphatic heterocycles. The number of fused-ring (bicyclic) bond motifs is 1. The molecule has 0 unspecified atom stereocenters. The lowest BCUT2D eigenvalue weighted by Gasteiger charge is -2.29. The Morgan fingerprint density at radius 2 is 1.96 bits per heavy atom. The molecule has 23 heavy (non-hydrogen) atoms. The summed E-state index contributed by atoms with van der Waals surface area (Å²) in [5, 5.41) is 8.92. The zero-order chi connectivity index (χ0) is 16.1. The van der Waals surface area contributed by atoms with Crippen molar-refractivity contribution < 1.29 is 9.59 Å². The van der Waals surface area contributed by atoms with Crippen molar-refractivity contribution in [3.05, 3.63) is 35.4 Å². The second-order valence-corrected chi connectivity index (χ2v) is 6.25. The molecule has 6 nitrogen and oxygen atoms in total. The molecule has 1 fully saturated rings. The summed E-state index contributed by atoms with van der Waals surface area (Å²) in [6.45, 7) is 4.43. The van der Waals surface area contributed by atoms with Crippen LogP contribution >= 0.6 is 0 Å². The quantitative estimate of drug-likeness (QED) is 0.740. The molecule has 2 aliphatic rings. The van der Waals surface area contributed by atoms with Crippen LogP contribution in [0.4, 0.5) is 4.79 Å². The number of benzene rings is 1. The van der Waals surface area contributed by atoms with E-state index in [1.54, 1.807) is 4.90 Å². The molecule has 0 aliphatic carbocycles. The van der Waals surface area contributed by atoms with Crippen LogP contribution < -0.4 is 16.0 Å². The fraction of sp³-hybridized carbons (Fsp3) is 0.529. The number of amides is 3. The number of carbonyl (C=O) groups excluding carboxylic acids is 2. The molecule has 0 spiro atoms. The highest BCUT2D eigenvalue weighted by molar-refractivity contribution is 5.78. The maximum atomic E-state index is 12.2. The van der Waals surface area contributed by atoms with Gasteiger partial charge in [-0.1, -0.05) is 24.3 Å². The summed E-state index contributed by atoms with van der Waals surface area (Å²) < 4.78 is 0. The van der Waals surface area contributed by atoms with Gasteiger partial charge in [0.2, 0.25) is 5.91 Å². The van der Waals surface area contributed by atoms with Crippen molar-refractivity contribution in [1.29, 1.82) is 0 Å². The highest BCUT2D eigenvalue weighted by atomic mass is 16.2. The fourth-order valence-electron chi connectivity index (χ4n) is 2.90. The summed E-state index contributed by atoms with van der Waals surface area (Å²) in [5.74, 6) is 0.558. The van der Waals surface area contributed by atoms with Gasteiger partial charge in [-0.05, 0) is 17.5 Å².